The van der Waals surface area contributed by atoms with Crippen molar-refractivity contribution < 1.29 is 0 Å². The van der Waals surface area contributed by atoms with Gasteiger partial charge >= 0.3 is 0 Å². The van der Waals surface area contributed by atoms with Crippen LogP contribution in [0.25, 0.3) is 0 Å². The van der Waals surface area contributed by atoms with E-state index in [1.165, 1.54) is 58.2 Å². The zero-order chi connectivity index (χ0) is 11.4. The Kier molecular flexibility index (Phi) is 4.66. The number of hydrogen-bond donors (Lipinski definition) is 1. The molecule has 0 amide bonds. The predicted molar refractivity (Wildman–Crippen MR) is 69.7 cm³/mol. The summed E-state index contributed by atoms with van der Waals surface area (Å²) in [6, 6.07) is 1.64. The third-order valence-electron chi connectivity index (χ3n) is 3.91. The largest absolute Gasteiger partial charge is 0.312 e. The molecule has 2 aliphatic rings. The van der Waals surface area contributed by atoms with Gasteiger partial charge in [0.2, 0.25) is 0 Å². The smallest absolute Gasteiger partial charge is 0.0218 e. The first-order valence-corrected chi connectivity index (χ1v) is 7.30. The fraction of sp³-hybridized carbons (Fsp3) is 1.00. The molecule has 0 aromatic carbocycles. The third kappa shape index (κ3) is 4.06. The van der Waals surface area contributed by atoms with E-state index in [4.69, 9.17) is 0 Å². The molecule has 2 nitrogen and oxygen atoms in total. The molecule has 0 spiro atoms. The lowest BCUT2D eigenvalue weighted by molar-refractivity contribution is 0.178. The number of nitrogens with one attached hydrogen (secondary N) is 1. The molecule has 0 radical (unpaired) electrons. The maximum Gasteiger partial charge on any atom is 0.0218 e. The van der Waals surface area contributed by atoms with Gasteiger partial charge in [0.25, 0.3) is 0 Å². The lowest BCUT2D eigenvalue weighted by Gasteiger charge is -2.31. The quantitative estimate of drug-likeness (QED) is 0.648. The van der Waals surface area contributed by atoms with Crippen LogP contribution in [0.2, 0.25) is 0 Å². The predicted octanol–water partition coefficient (Wildman–Crippen LogP) is 2.64. The molecule has 16 heavy (non-hydrogen) atoms. The summed E-state index contributed by atoms with van der Waals surface area (Å²) in [7, 11) is 0. The summed E-state index contributed by atoms with van der Waals surface area (Å²) in [6.45, 7) is 8.52. The zero-order valence-corrected chi connectivity index (χ0v) is 11.0. The molecule has 0 heterocycles. The van der Waals surface area contributed by atoms with Crippen LogP contribution in [0.3, 0.4) is 0 Å². The van der Waals surface area contributed by atoms with Gasteiger partial charge in [-0.15, -0.1) is 0 Å². The van der Waals surface area contributed by atoms with Gasteiger partial charge in [-0.2, -0.15) is 0 Å². The minimum Gasteiger partial charge on any atom is -0.312 e. The standard InChI is InChI=1S/C14H28N2/c1-3-9-16(11-12-5-6-12)14(4-2)10-15-13-7-8-13/h12-15H,3-11H2,1-2H3. The van der Waals surface area contributed by atoms with E-state index >= 15 is 0 Å². The topological polar surface area (TPSA) is 15.3 Å². The van der Waals surface area contributed by atoms with Gasteiger partial charge in [0.1, 0.15) is 0 Å². The molecule has 0 aromatic rings. The average molecular weight is 224 g/mol. The second-order valence-corrected chi connectivity index (χ2v) is 5.68. The minimum absolute atomic E-state index is 0.779. The van der Waals surface area contributed by atoms with Crippen LogP contribution in [0.1, 0.15) is 52.4 Å². The van der Waals surface area contributed by atoms with Crippen LogP contribution in [-0.4, -0.2) is 36.6 Å². The van der Waals surface area contributed by atoms with Crippen molar-refractivity contribution in [1.29, 1.82) is 0 Å². The molecule has 0 bridgehead atoms. The van der Waals surface area contributed by atoms with Crippen LogP contribution in [-0.2, 0) is 0 Å². The van der Waals surface area contributed by atoms with E-state index in [1.807, 2.05) is 0 Å². The van der Waals surface area contributed by atoms with Crippen molar-refractivity contribution in [3.8, 4) is 0 Å². The highest BCUT2D eigenvalue weighted by molar-refractivity contribution is 4.86. The molecule has 2 saturated carbocycles. The van der Waals surface area contributed by atoms with E-state index < -0.39 is 0 Å². The first-order valence-electron chi connectivity index (χ1n) is 7.30. The minimum atomic E-state index is 0.779. The second-order valence-electron chi connectivity index (χ2n) is 5.68. The normalized spacial score (nSPS) is 22.7. The molecule has 2 fully saturated rings. The number of hydrogen-bond acceptors (Lipinski definition) is 2. The summed E-state index contributed by atoms with van der Waals surface area (Å²) in [5.74, 6) is 1.03. The van der Waals surface area contributed by atoms with E-state index in [-0.39, 0.29) is 0 Å². The Morgan fingerprint density at radius 2 is 1.94 bits per heavy atom. The first-order chi connectivity index (χ1) is 7.83. The van der Waals surface area contributed by atoms with Crippen molar-refractivity contribution in [3.63, 3.8) is 0 Å². The average Bonchev–Trinajstić information content (AvgIpc) is 3.14. The summed E-state index contributed by atoms with van der Waals surface area (Å²) in [5.41, 5.74) is 0. The molecular formula is C14H28N2. The molecule has 2 heteroatoms. The highest BCUT2D eigenvalue weighted by atomic mass is 15.2. The van der Waals surface area contributed by atoms with E-state index in [0.717, 1.165) is 18.0 Å². The molecular weight excluding hydrogens is 196 g/mol. The summed E-state index contributed by atoms with van der Waals surface area (Å²) in [5, 5.41) is 3.70. The van der Waals surface area contributed by atoms with Crippen molar-refractivity contribution in [2.45, 2.75) is 64.5 Å². The first kappa shape index (κ1) is 12.4. The van der Waals surface area contributed by atoms with E-state index in [0.29, 0.717) is 0 Å². The molecule has 1 atom stereocenters. The lowest BCUT2D eigenvalue weighted by atomic mass is 10.1. The van der Waals surface area contributed by atoms with Crippen LogP contribution < -0.4 is 5.32 Å². The Hall–Kier alpha value is -0.0800. The van der Waals surface area contributed by atoms with Gasteiger partial charge in [-0.25, -0.2) is 0 Å². The highest BCUT2D eigenvalue weighted by Gasteiger charge is 2.28. The van der Waals surface area contributed by atoms with Crippen molar-refractivity contribution >= 4 is 0 Å². The summed E-state index contributed by atoms with van der Waals surface area (Å²) < 4.78 is 0. The van der Waals surface area contributed by atoms with Gasteiger partial charge in [0, 0.05) is 25.2 Å². The van der Waals surface area contributed by atoms with Crippen molar-refractivity contribution in [2.24, 2.45) is 5.92 Å². The van der Waals surface area contributed by atoms with Gasteiger partial charge in [0.05, 0.1) is 0 Å². The van der Waals surface area contributed by atoms with Crippen molar-refractivity contribution in [2.75, 3.05) is 19.6 Å². The molecule has 0 saturated heterocycles. The van der Waals surface area contributed by atoms with Gasteiger partial charge in [-0.3, -0.25) is 4.90 Å². The molecule has 2 rings (SSSR count). The van der Waals surface area contributed by atoms with Crippen LogP contribution in [0.15, 0.2) is 0 Å². The van der Waals surface area contributed by atoms with Gasteiger partial charge in [-0.1, -0.05) is 13.8 Å². The molecule has 1 N–H and O–H groups in total. The Labute approximate surface area is 101 Å². The highest BCUT2D eigenvalue weighted by Crippen LogP contribution is 2.30. The fourth-order valence-electron chi connectivity index (χ4n) is 2.46. The number of nitrogens with zero attached hydrogens (tertiary/aromatic N) is 1. The number of rotatable bonds is 9. The monoisotopic (exact) mass is 224 g/mol. The second kappa shape index (κ2) is 6.02. The Morgan fingerprint density at radius 3 is 2.44 bits per heavy atom. The summed E-state index contributed by atoms with van der Waals surface area (Å²) in [6.07, 6.45) is 8.37. The van der Waals surface area contributed by atoms with Gasteiger partial charge in [0.15, 0.2) is 0 Å². The lowest BCUT2D eigenvalue weighted by Crippen LogP contribution is -2.44. The van der Waals surface area contributed by atoms with Crippen LogP contribution in [0.5, 0.6) is 0 Å². The zero-order valence-electron chi connectivity index (χ0n) is 11.0. The van der Waals surface area contributed by atoms with E-state index in [2.05, 4.69) is 24.1 Å². The van der Waals surface area contributed by atoms with Gasteiger partial charge < -0.3 is 5.32 Å². The maximum absolute atomic E-state index is 3.70. The molecule has 2 aliphatic carbocycles. The van der Waals surface area contributed by atoms with Crippen LogP contribution in [0, 0.1) is 5.92 Å². The Bertz CT molecular complexity index is 197. The maximum atomic E-state index is 3.70. The molecule has 0 aromatic heterocycles. The van der Waals surface area contributed by atoms with Crippen molar-refractivity contribution in [3.05, 3.63) is 0 Å². The van der Waals surface area contributed by atoms with E-state index in [9.17, 15) is 0 Å². The summed E-state index contributed by atoms with van der Waals surface area (Å²) >= 11 is 0. The van der Waals surface area contributed by atoms with Crippen LogP contribution >= 0.6 is 0 Å². The van der Waals surface area contributed by atoms with Crippen molar-refractivity contribution in [1.82, 2.24) is 10.2 Å². The van der Waals surface area contributed by atoms with Crippen LogP contribution in [0.4, 0.5) is 0 Å². The molecule has 1 unspecified atom stereocenters. The fourth-order valence-corrected chi connectivity index (χ4v) is 2.46. The van der Waals surface area contributed by atoms with Gasteiger partial charge in [-0.05, 0) is 51.0 Å². The SMILES string of the molecule is CCCN(CC1CC1)C(CC)CNC1CC1. The molecule has 0 aliphatic heterocycles. The molecule has 94 valence electrons. The van der Waals surface area contributed by atoms with E-state index in [1.54, 1.807) is 0 Å². The Morgan fingerprint density at radius 1 is 1.19 bits per heavy atom. The third-order valence-corrected chi connectivity index (χ3v) is 3.91. The summed E-state index contributed by atoms with van der Waals surface area (Å²) in [4.78, 5) is 2.74. The Balaban J connectivity index is 1.74.